The van der Waals surface area contributed by atoms with E-state index in [2.05, 4.69) is 10.3 Å². The van der Waals surface area contributed by atoms with E-state index in [4.69, 9.17) is 16.3 Å². The summed E-state index contributed by atoms with van der Waals surface area (Å²) in [5.74, 6) is -0.233. The highest BCUT2D eigenvalue weighted by Crippen LogP contribution is 2.33. The molecule has 7 nitrogen and oxygen atoms in total. The van der Waals surface area contributed by atoms with Crippen molar-refractivity contribution in [1.82, 2.24) is 9.29 Å². The van der Waals surface area contributed by atoms with Gasteiger partial charge in [-0.1, -0.05) is 29.4 Å². The Labute approximate surface area is 193 Å². The topological polar surface area (TPSA) is 88.6 Å². The molecule has 1 fully saturated rings. The highest BCUT2D eigenvalue weighted by Gasteiger charge is 2.26. The summed E-state index contributed by atoms with van der Waals surface area (Å²) in [6, 6.07) is 11.8. The molecule has 1 aliphatic heterocycles. The number of sulfonamides is 1. The van der Waals surface area contributed by atoms with Gasteiger partial charge in [0.1, 0.15) is 0 Å². The van der Waals surface area contributed by atoms with Crippen LogP contribution in [0.15, 0.2) is 51.7 Å². The molecule has 1 atom stereocenters. The smallest absolute Gasteiger partial charge is 0.243 e. The lowest BCUT2D eigenvalue weighted by Gasteiger charge is -2.26. The third-order valence-corrected chi connectivity index (χ3v) is 9.05. The van der Waals surface area contributed by atoms with Gasteiger partial charge in [-0.15, -0.1) is 11.3 Å². The van der Waals surface area contributed by atoms with Gasteiger partial charge in [0.05, 0.1) is 33.6 Å². The van der Waals surface area contributed by atoms with Gasteiger partial charge in [-0.2, -0.15) is 4.31 Å². The summed E-state index contributed by atoms with van der Waals surface area (Å²) in [6.07, 6.45) is 0. The van der Waals surface area contributed by atoms with Crippen LogP contribution >= 0.6 is 34.7 Å². The van der Waals surface area contributed by atoms with Crippen molar-refractivity contribution in [1.29, 1.82) is 0 Å². The second kappa shape index (κ2) is 9.43. The minimum absolute atomic E-state index is 0.149. The van der Waals surface area contributed by atoms with Crippen LogP contribution in [0.4, 0.5) is 5.69 Å². The number of rotatable bonds is 6. The third kappa shape index (κ3) is 5.21. The number of nitrogens with one attached hydrogen (secondary N) is 1. The normalized spacial score (nSPS) is 16.3. The maximum absolute atomic E-state index is 12.8. The first-order valence-electron chi connectivity index (χ1n) is 9.54. The zero-order valence-electron chi connectivity index (χ0n) is 16.6. The van der Waals surface area contributed by atoms with Crippen molar-refractivity contribution in [2.75, 3.05) is 31.6 Å². The van der Waals surface area contributed by atoms with E-state index < -0.39 is 15.3 Å². The maximum atomic E-state index is 12.8. The Hall–Kier alpha value is -1.69. The quantitative estimate of drug-likeness (QED) is 0.516. The van der Waals surface area contributed by atoms with Crippen molar-refractivity contribution in [3.8, 4) is 0 Å². The monoisotopic (exact) mass is 497 g/mol. The molecule has 4 rings (SSSR count). The Kier molecular flexibility index (Phi) is 6.85. The van der Waals surface area contributed by atoms with Gasteiger partial charge in [-0.3, -0.25) is 4.79 Å². The molecule has 1 N–H and O–H groups in total. The highest BCUT2D eigenvalue weighted by molar-refractivity contribution is 8.02. The number of anilines is 1. The molecular weight excluding hydrogens is 478 g/mol. The van der Waals surface area contributed by atoms with Gasteiger partial charge in [-0.25, -0.2) is 13.4 Å². The van der Waals surface area contributed by atoms with E-state index in [0.29, 0.717) is 37.0 Å². The molecule has 0 radical (unpaired) electrons. The van der Waals surface area contributed by atoms with Crippen molar-refractivity contribution in [2.45, 2.75) is 21.4 Å². The fourth-order valence-corrected chi connectivity index (χ4v) is 6.86. The number of ether oxygens (including phenoxy) is 1. The zero-order valence-corrected chi connectivity index (χ0v) is 19.8. The molecule has 0 spiro atoms. The number of fused-ring (bicyclic) bond motifs is 1. The van der Waals surface area contributed by atoms with Crippen LogP contribution in [0, 0.1) is 0 Å². The van der Waals surface area contributed by atoms with E-state index in [-0.39, 0.29) is 10.8 Å². The Morgan fingerprint density at radius 3 is 2.81 bits per heavy atom. The van der Waals surface area contributed by atoms with Crippen LogP contribution in [-0.2, 0) is 19.6 Å². The standard InChI is InChI=1S/C20H20ClN3O4S3/c1-13(29-20-23-17-11-14(21)5-6-18(17)30-20)19(25)22-15-3-2-4-16(12-15)31(26,27)24-7-9-28-10-8-24/h2-6,11-13H,7-10H2,1H3,(H,22,25)/t13-/m0/s1. The predicted octanol–water partition coefficient (Wildman–Crippen LogP) is 4.09. The molecule has 1 saturated heterocycles. The summed E-state index contributed by atoms with van der Waals surface area (Å²) in [5.41, 5.74) is 1.23. The summed E-state index contributed by atoms with van der Waals surface area (Å²) in [7, 11) is -3.63. The molecule has 0 saturated carbocycles. The lowest BCUT2D eigenvalue weighted by Crippen LogP contribution is -2.40. The van der Waals surface area contributed by atoms with E-state index in [9.17, 15) is 13.2 Å². The number of amides is 1. The molecule has 0 bridgehead atoms. The molecule has 1 aromatic heterocycles. The van der Waals surface area contributed by atoms with Gasteiger partial charge < -0.3 is 10.1 Å². The third-order valence-electron chi connectivity index (χ3n) is 4.69. The Balaban J connectivity index is 1.44. The number of thioether (sulfide) groups is 1. The first-order valence-corrected chi connectivity index (χ1v) is 13.1. The SMILES string of the molecule is C[C@H](Sc1nc2cc(Cl)ccc2s1)C(=O)Nc1cccc(S(=O)(=O)N2CCOCC2)c1. The van der Waals surface area contributed by atoms with E-state index >= 15 is 0 Å². The maximum Gasteiger partial charge on any atom is 0.243 e. The Bertz CT molecular complexity index is 1210. The first kappa shape index (κ1) is 22.5. The molecule has 0 aliphatic carbocycles. The van der Waals surface area contributed by atoms with Gasteiger partial charge in [0.15, 0.2) is 4.34 Å². The number of hydrogen-bond acceptors (Lipinski definition) is 7. The van der Waals surface area contributed by atoms with Crippen molar-refractivity contribution >= 4 is 66.5 Å². The number of carbonyl (C=O) groups is 1. The second-order valence-corrected chi connectivity index (χ2v) is 11.9. The van der Waals surface area contributed by atoms with E-state index in [0.717, 1.165) is 14.6 Å². The summed E-state index contributed by atoms with van der Waals surface area (Å²) in [4.78, 5) is 17.4. The average molecular weight is 498 g/mol. The van der Waals surface area contributed by atoms with E-state index in [1.54, 1.807) is 25.1 Å². The van der Waals surface area contributed by atoms with Gasteiger partial charge in [0.2, 0.25) is 15.9 Å². The lowest BCUT2D eigenvalue weighted by atomic mass is 10.3. The molecule has 164 valence electrons. The van der Waals surface area contributed by atoms with Crippen LogP contribution in [-0.4, -0.2) is 55.2 Å². The Morgan fingerprint density at radius 2 is 2.03 bits per heavy atom. The fraction of sp³-hybridized carbons (Fsp3) is 0.300. The largest absolute Gasteiger partial charge is 0.379 e. The Morgan fingerprint density at radius 1 is 1.26 bits per heavy atom. The van der Waals surface area contributed by atoms with E-state index in [1.807, 2.05) is 12.1 Å². The molecule has 2 aromatic carbocycles. The minimum Gasteiger partial charge on any atom is -0.379 e. The van der Waals surface area contributed by atoms with E-state index in [1.165, 1.54) is 39.5 Å². The van der Waals surface area contributed by atoms with Crippen LogP contribution in [0.2, 0.25) is 5.02 Å². The number of nitrogens with zero attached hydrogens (tertiary/aromatic N) is 2. The molecule has 1 amide bonds. The molecular formula is C20H20ClN3O4S3. The number of benzene rings is 2. The van der Waals surface area contributed by atoms with Gasteiger partial charge in [-0.05, 0) is 43.3 Å². The van der Waals surface area contributed by atoms with Crippen molar-refractivity contribution in [3.63, 3.8) is 0 Å². The fourth-order valence-electron chi connectivity index (χ4n) is 3.05. The number of aromatic nitrogens is 1. The van der Waals surface area contributed by atoms with Crippen LogP contribution in [0.25, 0.3) is 10.2 Å². The van der Waals surface area contributed by atoms with Crippen molar-refractivity contribution in [2.24, 2.45) is 0 Å². The van der Waals surface area contributed by atoms with Crippen molar-refractivity contribution < 1.29 is 17.9 Å². The number of carbonyl (C=O) groups excluding carboxylic acids is 1. The lowest BCUT2D eigenvalue weighted by molar-refractivity contribution is -0.115. The number of thiazole rings is 1. The highest BCUT2D eigenvalue weighted by atomic mass is 35.5. The van der Waals surface area contributed by atoms with Crippen LogP contribution < -0.4 is 5.32 Å². The molecule has 1 aliphatic rings. The number of morpholine rings is 1. The molecule has 3 aromatic rings. The summed E-state index contributed by atoms with van der Waals surface area (Å²) < 4.78 is 34.1. The van der Waals surface area contributed by atoms with Gasteiger partial charge in [0, 0.05) is 23.8 Å². The van der Waals surface area contributed by atoms with Gasteiger partial charge in [0.25, 0.3) is 0 Å². The van der Waals surface area contributed by atoms with Crippen molar-refractivity contribution in [3.05, 3.63) is 47.5 Å². The summed E-state index contributed by atoms with van der Waals surface area (Å²) in [5, 5.41) is 3.01. The average Bonchev–Trinajstić information content (AvgIpc) is 3.15. The molecule has 31 heavy (non-hydrogen) atoms. The first-order chi connectivity index (χ1) is 14.8. The number of hydrogen-bond donors (Lipinski definition) is 1. The van der Waals surface area contributed by atoms with Crippen LogP contribution in [0.1, 0.15) is 6.92 Å². The second-order valence-electron chi connectivity index (χ2n) is 6.89. The van der Waals surface area contributed by atoms with Crippen LogP contribution in [0.3, 0.4) is 0 Å². The zero-order chi connectivity index (χ0) is 22.0. The predicted molar refractivity (Wildman–Crippen MR) is 125 cm³/mol. The molecule has 2 heterocycles. The summed E-state index contributed by atoms with van der Waals surface area (Å²) in [6.45, 7) is 3.18. The minimum atomic E-state index is -3.63. The number of halogens is 1. The molecule has 11 heteroatoms. The summed E-state index contributed by atoms with van der Waals surface area (Å²) >= 11 is 8.86. The van der Waals surface area contributed by atoms with Gasteiger partial charge >= 0.3 is 0 Å². The van der Waals surface area contributed by atoms with Crippen LogP contribution in [0.5, 0.6) is 0 Å². The molecule has 0 unspecified atom stereocenters.